The van der Waals surface area contributed by atoms with Gasteiger partial charge in [-0.1, -0.05) is 11.6 Å². The number of nitrogens with two attached hydrogens (primary N) is 1. The molecule has 0 spiro atoms. The number of rotatable bonds is 5. The molecule has 22 heavy (non-hydrogen) atoms. The van der Waals surface area contributed by atoms with Crippen molar-refractivity contribution in [3.8, 4) is 5.75 Å². The first-order valence-corrected chi connectivity index (χ1v) is 6.33. The minimum Gasteiger partial charge on any atom is -0.448 e. The van der Waals surface area contributed by atoms with Crippen LogP contribution in [0.4, 0.5) is 11.5 Å². The van der Waals surface area contributed by atoms with E-state index in [2.05, 4.69) is 20.3 Å². The molecule has 0 radical (unpaired) electrons. The van der Waals surface area contributed by atoms with Gasteiger partial charge in [0.05, 0.1) is 6.20 Å². The van der Waals surface area contributed by atoms with Gasteiger partial charge in [0.1, 0.15) is 10.7 Å². The molecule has 2 aromatic heterocycles. The van der Waals surface area contributed by atoms with E-state index in [-0.39, 0.29) is 22.2 Å². The van der Waals surface area contributed by atoms with E-state index >= 15 is 0 Å². The van der Waals surface area contributed by atoms with Crippen molar-refractivity contribution in [1.29, 1.82) is 0 Å². The lowest BCUT2D eigenvalue weighted by atomic mass is 10.3. The maximum atomic E-state index is 10.9. The first-order chi connectivity index (χ1) is 10.6. The Bertz CT molecular complexity index is 722. The van der Waals surface area contributed by atoms with Gasteiger partial charge in [0.2, 0.25) is 0 Å². The van der Waals surface area contributed by atoms with Gasteiger partial charge in [-0.25, -0.2) is 4.98 Å². The molecular formula is C12H11ClN6O3. The number of nitrogens with one attached hydrogen (secondary N) is 1. The number of pyridine rings is 1. The average molecular weight is 323 g/mol. The highest BCUT2D eigenvalue weighted by Crippen LogP contribution is 2.38. The SMILES string of the molecule is CNc1c([N+](=O)[O-])ncc(O/C(=C/N)c2cnccn2)c1Cl. The zero-order chi connectivity index (χ0) is 16.1. The monoisotopic (exact) mass is 322 g/mol. The van der Waals surface area contributed by atoms with Crippen molar-refractivity contribution in [3.05, 3.63) is 51.8 Å². The van der Waals surface area contributed by atoms with Gasteiger partial charge in [0, 0.05) is 25.6 Å². The summed E-state index contributed by atoms with van der Waals surface area (Å²) >= 11 is 6.11. The molecule has 2 aromatic rings. The van der Waals surface area contributed by atoms with Crippen molar-refractivity contribution in [2.75, 3.05) is 12.4 Å². The summed E-state index contributed by atoms with van der Waals surface area (Å²) in [7, 11) is 1.49. The summed E-state index contributed by atoms with van der Waals surface area (Å²) < 4.78 is 5.53. The van der Waals surface area contributed by atoms with Crippen LogP contribution in [0, 0.1) is 10.1 Å². The number of hydrogen-bond acceptors (Lipinski definition) is 8. The molecule has 0 bridgehead atoms. The van der Waals surface area contributed by atoms with E-state index in [0.717, 1.165) is 6.20 Å². The fourth-order valence-corrected chi connectivity index (χ4v) is 1.88. The lowest BCUT2D eigenvalue weighted by molar-refractivity contribution is -0.388. The largest absolute Gasteiger partial charge is 0.448 e. The van der Waals surface area contributed by atoms with Crippen LogP contribution in [-0.4, -0.2) is 26.9 Å². The van der Waals surface area contributed by atoms with E-state index in [1.165, 1.54) is 31.8 Å². The fraction of sp³-hybridized carbons (Fsp3) is 0.0833. The van der Waals surface area contributed by atoms with Crippen molar-refractivity contribution in [2.45, 2.75) is 0 Å². The summed E-state index contributed by atoms with van der Waals surface area (Å²) in [6.45, 7) is 0. The van der Waals surface area contributed by atoms with Gasteiger partial charge in [0.15, 0.2) is 23.4 Å². The van der Waals surface area contributed by atoms with Crippen LogP contribution in [0.15, 0.2) is 31.0 Å². The third kappa shape index (κ3) is 3.04. The van der Waals surface area contributed by atoms with E-state index in [1.807, 2.05) is 0 Å². The van der Waals surface area contributed by atoms with E-state index in [9.17, 15) is 10.1 Å². The van der Waals surface area contributed by atoms with Gasteiger partial charge >= 0.3 is 5.82 Å². The van der Waals surface area contributed by atoms with Crippen LogP contribution in [0.5, 0.6) is 5.75 Å². The Morgan fingerprint density at radius 2 is 2.23 bits per heavy atom. The molecule has 0 saturated carbocycles. The van der Waals surface area contributed by atoms with Gasteiger partial charge in [-0.3, -0.25) is 4.98 Å². The molecule has 0 aliphatic heterocycles. The zero-order valence-corrected chi connectivity index (χ0v) is 12.1. The van der Waals surface area contributed by atoms with Crippen LogP contribution in [0.1, 0.15) is 5.69 Å². The standard InChI is InChI=1S/C12H11ClN6O3/c1-15-11-10(13)9(6-18-12(11)19(20)21)22-8(4-14)7-5-16-2-3-17-7/h2-6,15H,14H2,1H3/b8-4+. The maximum Gasteiger partial charge on any atom is 0.388 e. The smallest absolute Gasteiger partial charge is 0.388 e. The average Bonchev–Trinajstić information content (AvgIpc) is 2.54. The normalized spacial score (nSPS) is 11.1. The molecule has 0 fully saturated rings. The Morgan fingerprint density at radius 3 is 2.77 bits per heavy atom. The number of ether oxygens (including phenoxy) is 1. The predicted molar refractivity (Wildman–Crippen MR) is 80.3 cm³/mol. The van der Waals surface area contributed by atoms with E-state index in [1.54, 1.807) is 0 Å². The van der Waals surface area contributed by atoms with Crippen molar-refractivity contribution < 1.29 is 9.66 Å². The third-order valence-corrected chi connectivity index (χ3v) is 2.95. The second kappa shape index (κ2) is 6.68. The Balaban J connectivity index is 2.40. The minimum absolute atomic E-state index is 0.00689. The highest BCUT2D eigenvalue weighted by Gasteiger charge is 2.23. The van der Waals surface area contributed by atoms with Crippen LogP contribution in [-0.2, 0) is 0 Å². The molecule has 114 valence electrons. The summed E-state index contributed by atoms with van der Waals surface area (Å²) in [6.07, 6.45) is 6.74. The third-order valence-electron chi connectivity index (χ3n) is 2.57. The topological polar surface area (TPSA) is 129 Å². The molecule has 0 amide bonds. The van der Waals surface area contributed by atoms with Crippen LogP contribution < -0.4 is 15.8 Å². The number of nitro groups is 1. The van der Waals surface area contributed by atoms with Crippen LogP contribution >= 0.6 is 11.6 Å². The molecule has 0 aliphatic carbocycles. The molecule has 10 heteroatoms. The molecule has 2 rings (SSSR count). The Morgan fingerprint density at radius 1 is 1.45 bits per heavy atom. The molecule has 0 atom stereocenters. The fourth-order valence-electron chi connectivity index (χ4n) is 1.61. The highest BCUT2D eigenvalue weighted by molar-refractivity contribution is 6.35. The molecule has 0 unspecified atom stereocenters. The highest BCUT2D eigenvalue weighted by atomic mass is 35.5. The van der Waals surface area contributed by atoms with Crippen molar-refractivity contribution in [3.63, 3.8) is 0 Å². The quantitative estimate of drug-likeness (QED) is 0.484. The molecule has 9 nitrogen and oxygen atoms in total. The van der Waals surface area contributed by atoms with E-state index in [4.69, 9.17) is 22.1 Å². The van der Waals surface area contributed by atoms with Crippen molar-refractivity contribution in [1.82, 2.24) is 15.0 Å². The first-order valence-electron chi connectivity index (χ1n) is 5.95. The number of nitrogens with zero attached hydrogens (tertiary/aromatic N) is 4. The number of anilines is 1. The van der Waals surface area contributed by atoms with Gasteiger partial charge in [-0.2, -0.15) is 0 Å². The predicted octanol–water partition coefficient (Wildman–Crippen LogP) is 1.81. The van der Waals surface area contributed by atoms with Crippen LogP contribution in [0.3, 0.4) is 0 Å². The molecular weight excluding hydrogens is 312 g/mol. The molecule has 0 aliphatic rings. The van der Waals surface area contributed by atoms with Crippen molar-refractivity contribution in [2.24, 2.45) is 5.73 Å². The van der Waals surface area contributed by atoms with Gasteiger partial charge < -0.3 is 25.9 Å². The Kier molecular flexibility index (Phi) is 4.69. The summed E-state index contributed by atoms with van der Waals surface area (Å²) in [4.78, 5) is 21.9. The summed E-state index contributed by atoms with van der Waals surface area (Å²) in [5.74, 6) is -0.121. The number of halogens is 1. The Hall–Kier alpha value is -2.94. The number of aromatic nitrogens is 3. The minimum atomic E-state index is -0.649. The summed E-state index contributed by atoms with van der Waals surface area (Å²) in [5, 5.41) is 13.5. The molecule has 0 saturated heterocycles. The molecule has 2 heterocycles. The second-order valence-corrected chi connectivity index (χ2v) is 4.24. The van der Waals surface area contributed by atoms with Crippen LogP contribution in [0.2, 0.25) is 5.02 Å². The van der Waals surface area contributed by atoms with Gasteiger partial charge in [-0.05, 0) is 9.91 Å². The van der Waals surface area contributed by atoms with Crippen LogP contribution in [0.25, 0.3) is 5.76 Å². The van der Waals surface area contributed by atoms with Gasteiger partial charge in [0.25, 0.3) is 0 Å². The Labute approximate surface area is 130 Å². The second-order valence-electron chi connectivity index (χ2n) is 3.87. The van der Waals surface area contributed by atoms with E-state index < -0.39 is 10.7 Å². The lowest BCUT2D eigenvalue weighted by Crippen LogP contribution is -2.05. The summed E-state index contributed by atoms with van der Waals surface area (Å²) in [5.41, 5.74) is 5.93. The van der Waals surface area contributed by atoms with E-state index in [0.29, 0.717) is 5.69 Å². The molecule has 3 N–H and O–H groups in total. The lowest BCUT2D eigenvalue weighted by Gasteiger charge is -2.11. The maximum absolute atomic E-state index is 10.9. The summed E-state index contributed by atoms with van der Waals surface area (Å²) in [6, 6.07) is 0. The van der Waals surface area contributed by atoms with Gasteiger partial charge in [-0.15, -0.1) is 0 Å². The zero-order valence-electron chi connectivity index (χ0n) is 11.4. The first kappa shape index (κ1) is 15.4. The van der Waals surface area contributed by atoms with Crippen molar-refractivity contribution >= 4 is 28.9 Å². The number of hydrogen-bond donors (Lipinski definition) is 2. The molecule has 0 aromatic carbocycles.